The van der Waals surface area contributed by atoms with Crippen molar-refractivity contribution in [2.24, 2.45) is 5.92 Å². The normalized spacial score (nSPS) is 19.4. The molecule has 3 heterocycles. The number of aromatic nitrogens is 4. The van der Waals surface area contributed by atoms with Crippen LogP contribution >= 0.6 is 0 Å². The van der Waals surface area contributed by atoms with Crippen molar-refractivity contribution in [2.45, 2.75) is 18.9 Å². The first-order valence-corrected chi connectivity index (χ1v) is 10.1. The van der Waals surface area contributed by atoms with E-state index in [2.05, 4.69) is 44.5 Å². The second-order valence-electron chi connectivity index (χ2n) is 7.55. The van der Waals surface area contributed by atoms with Gasteiger partial charge in [-0.25, -0.2) is 14.6 Å². The molecule has 1 N–H and O–H groups in total. The Morgan fingerprint density at radius 3 is 2.83 bits per heavy atom. The Labute approximate surface area is 175 Å². The molecule has 2 unspecified atom stereocenters. The molecule has 0 bridgehead atoms. The number of methoxy groups -OCH3 is 1. The summed E-state index contributed by atoms with van der Waals surface area (Å²) in [7, 11) is 3.82. The molecule has 2 aromatic heterocycles. The van der Waals surface area contributed by atoms with Gasteiger partial charge in [0, 0.05) is 24.3 Å². The van der Waals surface area contributed by atoms with Crippen molar-refractivity contribution in [1.29, 1.82) is 0 Å². The number of carbonyl (C=O) groups is 1. The number of hydrogen-bond donors (Lipinski definition) is 1. The zero-order chi connectivity index (χ0) is 20.9. The summed E-state index contributed by atoms with van der Waals surface area (Å²) in [6, 6.07) is 11.9. The quantitative estimate of drug-likeness (QED) is 0.677. The third kappa shape index (κ3) is 4.33. The Hall–Kier alpha value is -3.26. The zero-order valence-electron chi connectivity index (χ0n) is 17.2. The van der Waals surface area contributed by atoms with Gasteiger partial charge < -0.3 is 10.1 Å². The number of hydrogen-bond acceptors (Lipinski definition) is 6. The fraction of sp³-hybridized carbons (Fsp3) is 0.364. The highest BCUT2D eigenvalue weighted by Crippen LogP contribution is 2.35. The van der Waals surface area contributed by atoms with Crippen molar-refractivity contribution < 1.29 is 9.53 Å². The Kier molecular flexibility index (Phi) is 6.04. The predicted molar refractivity (Wildman–Crippen MR) is 113 cm³/mol. The van der Waals surface area contributed by atoms with Crippen molar-refractivity contribution in [3.05, 3.63) is 66.4 Å². The lowest BCUT2D eigenvalue weighted by Crippen LogP contribution is -2.41. The number of carbonyl (C=O) groups excluding carboxylic acids is 1. The SMILES string of the molecule is COc1ccc(C2C(CNC(=O)c3ccnc(-n4cncn4)c3)CCCN2C)cc1. The van der Waals surface area contributed by atoms with Gasteiger partial charge in [0.1, 0.15) is 18.4 Å². The van der Waals surface area contributed by atoms with Crippen molar-refractivity contribution in [1.82, 2.24) is 30.0 Å². The lowest BCUT2D eigenvalue weighted by atomic mass is 9.85. The van der Waals surface area contributed by atoms with Gasteiger partial charge in [-0.2, -0.15) is 5.10 Å². The van der Waals surface area contributed by atoms with E-state index in [0.29, 0.717) is 23.8 Å². The maximum atomic E-state index is 12.8. The average Bonchev–Trinajstić information content (AvgIpc) is 3.33. The number of piperidine rings is 1. The molecule has 2 atom stereocenters. The van der Waals surface area contributed by atoms with Gasteiger partial charge in [0.2, 0.25) is 0 Å². The van der Waals surface area contributed by atoms with Crippen LogP contribution in [0.5, 0.6) is 5.75 Å². The molecule has 1 fully saturated rings. The van der Waals surface area contributed by atoms with Gasteiger partial charge in [0.25, 0.3) is 5.91 Å². The predicted octanol–water partition coefficient (Wildman–Crippen LogP) is 2.48. The first-order valence-electron chi connectivity index (χ1n) is 10.1. The van der Waals surface area contributed by atoms with Gasteiger partial charge in [-0.3, -0.25) is 9.69 Å². The molecule has 3 aromatic rings. The van der Waals surface area contributed by atoms with E-state index in [1.54, 1.807) is 31.8 Å². The summed E-state index contributed by atoms with van der Waals surface area (Å²) in [5.41, 5.74) is 1.80. The Balaban J connectivity index is 1.46. The fourth-order valence-electron chi connectivity index (χ4n) is 4.14. The molecule has 0 aliphatic carbocycles. The van der Waals surface area contributed by atoms with Crippen LogP contribution in [0.2, 0.25) is 0 Å². The van der Waals surface area contributed by atoms with Crippen LogP contribution in [0.1, 0.15) is 34.8 Å². The Bertz CT molecular complexity index is 974. The highest BCUT2D eigenvalue weighted by molar-refractivity contribution is 5.94. The second-order valence-corrected chi connectivity index (χ2v) is 7.55. The standard InChI is InChI=1S/C22H26N6O2/c1-27-11-3-4-18(21(27)16-5-7-19(30-2)8-6-16)13-25-22(29)17-9-10-24-20(12-17)28-15-23-14-26-28/h5-10,12,14-15,18,21H,3-4,11,13H2,1-2H3,(H,25,29). The maximum absolute atomic E-state index is 12.8. The summed E-state index contributed by atoms with van der Waals surface area (Å²) in [5.74, 6) is 1.63. The van der Waals surface area contributed by atoms with Crippen LogP contribution < -0.4 is 10.1 Å². The smallest absolute Gasteiger partial charge is 0.251 e. The van der Waals surface area contributed by atoms with E-state index < -0.39 is 0 Å². The largest absolute Gasteiger partial charge is 0.497 e. The van der Waals surface area contributed by atoms with Gasteiger partial charge in [-0.05, 0) is 62.2 Å². The number of pyridine rings is 1. The molecule has 1 saturated heterocycles. The Morgan fingerprint density at radius 2 is 2.10 bits per heavy atom. The molecular weight excluding hydrogens is 380 g/mol. The first-order chi connectivity index (χ1) is 14.7. The number of benzene rings is 1. The molecule has 0 saturated carbocycles. The number of amides is 1. The molecule has 1 amide bonds. The summed E-state index contributed by atoms with van der Waals surface area (Å²) < 4.78 is 6.82. The number of nitrogens with zero attached hydrogens (tertiary/aromatic N) is 5. The maximum Gasteiger partial charge on any atom is 0.251 e. The van der Waals surface area contributed by atoms with Crippen LogP contribution in [0.4, 0.5) is 0 Å². The summed E-state index contributed by atoms with van der Waals surface area (Å²) in [4.78, 5) is 23.4. The summed E-state index contributed by atoms with van der Waals surface area (Å²) in [6.07, 6.45) is 6.80. The second kappa shape index (κ2) is 9.04. The minimum Gasteiger partial charge on any atom is -0.497 e. The molecule has 0 radical (unpaired) electrons. The van der Waals surface area contributed by atoms with Crippen LogP contribution in [0.3, 0.4) is 0 Å². The zero-order valence-corrected chi connectivity index (χ0v) is 17.2. The number of rotatable bonds is 6. The lowest BCUT2D eigenvalue weighted by molar-refractivity contribution is 0.0891. The molecular formula is C22H26N6O2. The van der Waals surface area contributed by atoms with Crippen LogP contribution in [-0.2, 0) is 0 Å². The molecule has 8 heteroatoms. The van der Waals surface area contributed by atoms with Crippen molar-refractivity contribution in [3.63, 3.8) is 0 Å². The third-order valence-corrected chi connectivity index (χ3v) is 5.65. The van der Waals surface area contributed by atoms with Gasteiger partial charge in [0.15, 0.2) is 5.82 Å². The first kappa shape index (κ1) is 20.0. The van der Waals surface area contributed by atoms with Crippen LogP contribution in [0.15, 0.2) is 55.2 Å². The van der Waals surface area contributed by atoms with E-state index in [9.17, 15) is 4.79 Å². The highest BCUT2D eigenvalue weighted by Gasteiger charge is 2.30. The fourth-order valence-corrected chi connectivity index (χ4v) is 4.14. The van der Waals surface area contributed by atoms with E-state index >= 15 is 0 Å². The van der Waals surface area contributed by atoms with Gasteiger partial charge in [-0.1, -0.05) is 12.1 Å². The summed E-state index contributed by atoms with van der Waals surface area (Å²) >= 11 is 0. The summed E-state index contributed by atoms with van der Waals surface area (Å²) in [5, 5.41) is 7.19. The minimum atomic E-state index is -0.111. The highest BCUT2D eigenvalue weighted by atomic mass is 16.5. The van der Waals surface area contributed by atoms with Crippen LogP contribution in [0.25, 0.3) is 5.82 Å². The van der Waals surface area contributed by atoms with E-state index in [0.717, 1.165) is 25.1 Å². The number of nitrogens with one attached hydrogen (secondary N) is 1. The number of ether oxygens (including phenoxy) is 1. The molecule has 8 nitrogen and oxygen atoms in total. The molecule has 1 aliphatic rings. The third-order valence-electron chi connectivity index (χ3n) is 5.65. The van der Waals surface area contributed by atoms with E-state index in [4.69, 9.17) is 4.74 Å². The number of likely N-dealkylation sites (tertiary alicyclic amines) is 1. The van der Waals surface area contributed by atoms with Crippen LogP contribution in [-0.4, -0.2) is 57.8 Å². The lowest BCUT2D eigenvalue weighted by Gasteiger charge is -2.39. The van der Waals surface area contributed by atoms with E-state index in [-0.39, 0.29) is 11.9 Å². The average molecular weight is 406 g/mol. The minimum absolute atomic E-state index is 0.111. The van der Waals surface area contributed by atoms with Crippen LogP contribution in [0, 0.1) is 5.92 Å². The monoisotopic (exact) mass is 406 g/mol. The van der Waals surface area contributed by atoms with Gasteiger partial charge in [-0.15, -0.1) is 0 Å². The van der Waals surface area contributed by atoms with Gasteiger partial charge in [0.05, 0.1) is 7.11 Å². The van der Waals surface area contributed by atoms with Crippen molar-refractivity contribution in [3.8, 4) is 11.6 Å². The van der Waals surface area contributed by atoms with E-state index in [1.807, 2.05) is 12.1 Å². The molecule has 30 heavy (non-hydrogen) atoms. The van der Waals surface area contributed by atoms with E-state index in [1.165, 1.54) is 16.6 Å². The summed E-state index contributed by atoms with van der Waals surface area (Å²) in [6.45, 7) is 1.66. The van der Waals surface area contributed by atoms with Crippen molar-refractivity contribution in [2.75, 3.05) is 27.2 Å². The molecule has 0 spiro atoms. The van der Waals surface area contributed by atoms with Gasteiger partial charge >= 0.3 is 0 Å². The molecule has 4 rings (SSSR count). The topological polar surface area (TPSA) is 85.2 Å². The molecule has 1 aromatic carbocycles. The Morgan fingerprint density at radius 1 is 1.27 bits per heavy atom. The van der Waals surface area contributed by atoms with Crippen molar-refractivity contribution >= 4 is 5.91 Å². The molecule has 156 valence electrons. The molecule has 1 aliphatic heterocycles.